The van der Waals surface area contributed by atoms with Crippen molar-refractivity contribution in [1.29, 1.82) is 0 Å². The highest BCUT2D eigenvalue weighted by molar-refractivity contribution is 8.13. The highest BCUT2D eigenvalue weighted by Crippen LogP contribution is 2.38. The van der Waals surface area contributed by atoms with Gasteiger partial charge in [0.25, 0.3) is 9.05 Å². The van der Waals surface area contributed by atoms with Gasteiger partial charge in [0.05, 0.1) is 4.90 Å². The van der Waals surface area contributed by atoms with Gasteiger partial charge in [-0.25, -0.2) is 12.8 Å². The lowest BCUT2D eigenvalue weighted by atomic mass is 10.1. The van der Waals surface area contributed by atoms with Crippen molar-refractivity contribution in [3.8, 4) is 0 Å². The molecular formula is C9H8ClFO2S. The summed E-state index contributed by atoms with van der Waals surface area (Å²) in [6.45, 7) is 0. The van der Waals surface area contributed by atoms with Gasteiger partial charge in [0, 0.05) is 10.7 Å². The van der Waals surface area contributed by atoms with Crippen LogP contribution in [0.1, 0.15) is 23.7 Å². The van der Waals surface area contributed by atoms with Crippen LogP contribution in [0, 0.1) is 0 Å². The second-order valence-electron chi connectivity index (χ2n) is 3.27. The van der Waals surface area contributed by atoms with Crippen LogP contribution in [0.5, 0.6) is 0 Å². The summed E-state index contributed by atoms with van der Waals surface area (Å²) in [5, 5.41) is 0. The van der Waals surface area contributed by atoms with Crippen molar-refractivity contribution in [2.24, 2.45) is 0 Å². The van der Waals surface area contributed by atoms with Crippen molar-refractivity contribution >= 4 is 19.7 Å². The first kappa shape index (κ1) is 9.93. The maximum atomic E-state index is 13.2. The first-order valence-corrected chi connectivity index (χ1v) is 6.51. The predicted molar refractivity (Wildman–Crippen MR) is 51.7 cm³/mol. The van der Waals surface area contributed by atoms with E-state index in [0.717, 1.165) is 0 Å². The van der Waals surface area contributed by atoms with Crippen molar-refractivity contribution in [3.05, 3.63) is 29.3 Å². The van der Waals surface area contributed by atoms with Gasteiger partial charge >= 0.3 is 0 Å². The Morgan fingerprint density at radius 1 is 1.43 bits per heavy atom. The molecule has 0 aliphatic heterocycles. The first-order chi connectivity index (χ1) is 6.50. The van der Waals surface area contributed by atoms with Crippen LogP contribution >= 0.6 is 10.7 Å². The largest absolute Gasteiger partial charge is 0.261 e. The third-order valence-corrected chi connectivity index (χ3v) is 3.82. The molecule has 1 aliphatic carbocycles. The molecule has 0 fully saturated rings. The Morgan fingerprint density at radius 2 is 2.14 bits per heavy atom. The van der Waals surface area contributed by atoms with Gasteiger partial charge in [0.2, 0.25) is 0 Å². The Kier molecular flexibility index (Phi) is 2.27. The minimum absolute atomic E-state index is 0.0526. The van der Waals surface area contributed by atoms with Crippen LogP contribution in [0.15, 0.2) is 23.1 Å². The summed E-state index contributed by atoms with van der Waals surface area (Å²) in [6, 6.07) is 4.55. The molecule has 0 aromatic heterocycles. The standard InChI is InChI=1S/C9H8ClFO2S/c10-14(12,13)9-3-1-2-6-7(9)4-5-8(6)11/h1-3,8H,4-5H2. The third kappa shape index (κ3) is 1.53. The third-order valence-electron chi connectivity index (χ3n) is 2.42. The van der Waals surface area contributed by atoms with Crippen LogP contribution in [0.25, 0.3) is 0 Å². The Balaban J connectivity index is 2.67. The molecule has 1 unspecified atom stereocenters. The van der Waals surface area contributed by atoms with E-state index in [1.807, 2.05) is 0 Å². The van der Waals surface area contributed by atoms with Gasteiger partial charge in [0.1, 0.15) is 6.17 Å². The lowest BCUT2D eigenvalue weighted by Gasteiger charge is -2.04. The molecular weight excluding hydrogens is 227 g/mol. The number of hydrogen-bond donors (Lipinski definition) is 0. The fraction of sp³-hybridized carbons (Fsp3) is 0.333. The minimum atomic E-state index is -3.75. The van der Waals surface area contributed by atoms with E-state index in [4.69, 9.17) is 10.7 Å². The van der Waals surface area contributed by atoms with Gasteiger partial charge in [-0.3, -0.25) is 0 Å². The monoisotopic (exact) mass is 234 g/mol. The maximum Gasteiger partial charge on any atom is 0.261 e. The lowest BCUT2D eigenvalue weighted by Crippen LogP contribution is -1.97. The molecule has 1 aliphatic rings. The van der Waals surface area contributed by atoms with Crippen molar-refractivity contribution in [2.45, 2.75) is 23.9 Å². The SMILES string of the molecule is O=S(=O)(Cl)c1cccc2c1CCC2F. The summed E-state index contributed by atoms with van der Waals surface area (Å²) >= 11 is 0. The van der Waals surface area contributed by atoms with Gasteiger partial charge in [-0.2, -0.15) is 0 Å². The molecule has 1 aromatic rings. The predicted octanol–water partition coefficient (Wildman–Crippen LogP) is 2.57. The van der Waals surface area contributed by atoms with E-state index in [9.17, 15) is 12.8 Å². The Labute approximate surface area is 86.1 Å². The number of rotatable bonds is 1. The fourth-order valence-corrected chi connectivity index (χ4v) is 2.99. The molecule has 2 nitrogen and oxygen atoms in total. The van der Waals surface area contributed by atoms with E-state index in [0.29, 0.717) is 24.0 Å². The van der Waals surface area contributed by atoms with Crippen LogP contribution in [-0.4, -0.2) is 8.42 Å². The summed E-state index contributed by atoms with van der Waals surface area (Å²) < 4.78 is 35.5. The van der Waals surface area contributed by atoms with E-state index in [2.05, 4.69) is 0 Å². The molecule has 2 rings (SSSR count). The quantitative estimate of drug-likeness (QED) is 0.700. The highest BCUT2D eigenvalue weighted by Gasteiger charge is 2.27. The fourth-order valence-electron chi connectivity index (χ4n) is 1.80. The molecule has 76 valence electrons. The molecule has 1 aromatic carbocycles. The Morgan fingerprint density at radius 3 is 2.79 bits per heavy atom. The van der Waals surface area contributed by atoms with Gasteiger partial charge in [-0.05, 0) is 30.0 Å². The van der Waals surface area contributed by atoms with Crippen LogP contribution in [0.2, 0.25) is 0 Å². The molecule has 0 amide bonds. The van der Waals surface area contributed by atoms with Gasteiger partial charge in [0.15, 0.2) is 0 Å². The average molecular weight is 235 g/mol. The van der Waals surface area contributed by atoms with Crippen molar-refractivity contribution < 1.29 is 12.8 Å². The van der Waals surface area contributed by atoms with E-state index in [1.54, 1.807) is 6.07 Å². The number of hydrogen-bond acceptors (Lipinski definition) is 2. The summed E-state index contributed by atoms with van der Waals surface area (Å²) in [5.74, 6) is 0. The van der Waals surface area contributed by atoms with Crippen molar-refractivity contribution in [2.75, 3.05) is 0 Å². The maximum absolute atomic E-state index is 13.2. The highest BCUT2D eigenvalue weighted by atomic mass is 35.7. The molecule has 0 saturated carbocycles. The van der Waals surface area contributed by atoms with Crippen LogP contribution in [0.4, 0.5) is 4.39 Å². The van der Waals surface area contributed by atoms with Crippen LogP contribution < -0.4 is 0 Å². The Bertz CT molecular complexity index is 470. The van der Waals surface area contributed by atoms with Gasteiger partial charge < -0.3 is 0 Å². The summed E-state index contributed by atoms with van der Waals surface area (Å²) in [5.41, 5.74) is 1.00. The van der Waals surface area contributed by atoms with E-state index >= 15 is 0 Å². The van der Waals surface area contributed by atoms with Crippen LogP contribution in [-0.2, 0) is 15.5 Å². The average Bonchev–Trinajstić information content (AvgIpc) is 2.46. The zero-order valence-electron chi connectivity index (χ0n) is 7.20. The van der Waals surface area contributed by atoms with Gasteiger partial charge in [-0.15, -0.1) is 0 Å². The van der Waals surface area contributed by atoms with E-state index < -0.39 is 15.2 Å². The lowest BCUT2D eigenvalue weighted by molar-refractivity contribution is 0.344. The second kappa shape index (κ2) is 3.21. The Hall–Kier alpha value is -0.610. The van der Waals surface area contributed by atoms with E-state index in [-0.39, 0.29) is 4.90 Å². The topological polar surface area (TPSA) is 34.1 Å². The normalized spacial score (nSPS) is 20.9. The number of benzene rings is 1. The smallest absolute Gasteiger partial charge is 0.242 e. The molecule has 1 atom stereocenters. The minimum Gasteiger partial charge on any atom is -0.242 e. The van der Waals surface area contributed by atoms with Gasteiger partial charge in [-0.1, -0.05) is 12.1 Å². The zero-order valence-corrected chi connectivity index (χ0v) is 8.78. The van der Waals surface area contributed by atoms with Crippen molar-refractivity contribution in [1.82, 2.24) is 0 Å². The number of alkyl halides is 1. The molecule has 5 heteroatoms. The van der Waals surface area contributed by atoms with E-state index in [1.165, 1.54) is 12.1 Å². The molecule has 0 saturated heterocycles. The summed E-state index contributed by atoms with van der Waals surface area (Å²) in [4.78, 5) is 0.0526. The van der Waals surface area contributed by atoms with Crippen molar-refractivity contribution in [3.63, 3.8) is 0 Å². The molecule has 0 N–H and O–H groups in total. The first-order valence-electron chi connectivity index (χ1n) is 4.20. The molecule has 14 heavy (non-hydrogen) atoms. The molecule has 0 heterocycles. The number of fused-ring (bicyclic) bond motifs is 1. The molecule has 0 bridgehead atoms. The second-order valence-corrected chi connectivity index (χ2v) is 5.80. The molecule has 0 spiro atoms. The number of halogens is 2. The molecule has 0 radical (unpaired) electrons. The zero-order chi connectivity index (χ0) is 10.3. The summed E-state index contributed by atoms with van der Waals surface area (Å²) in [7, 11) is 1.49. The summed E-state index contributed by atoms with van der Waals surface area (Å²) in [6.07, 6.45) is -0.263. The van der Waals surface area contributed by atoms with Crippen LogP contribution in [0.3, 0.4) is 0 Å².